The Morgan fingerprint density at radius 1 is 1.35 bits per heavy atom. The fourth-order valence-electron chi connectivity index (χ4n) is 1.85. The number of nitrogens with one attached hydrogen (secondary N) is 1. The Hall–Kier alpha value is -1.23. The Kier molecular flexibility index (Phi) is 8.87. The van der Waals surface area contributed by atoms with Gasteiger partial charge < -0.3 is 10.1 Å². The number of esters is 1. The minimum Gasteiger partial charge on any atom is -0.462 e. The molecule has 0 spiro atoms. The third-order valence-electron chi connectivity index (χ3n) is 2.87. The van der Waals surface area contributed by atoms with Crippen molar-refractivity contribution in [3.63, 3.8) is 0 Å². The number of anilines is 1. The lowest BCUT2D eigenvalue weighted by atomic mass is 10.2. The van der Waals surface area contributed by atoms with Gasteiger partial charge in [-0.25, -0.2) is 9.78 Å². The quantitative estimate of drug-likeness (QED) is 0.528. The summed E-state index contributed by atoms with van der Waals surface area (Å²) in [5.41, 5.74) is 0.511. The standard InChI is InChI=1S/C15H24N2O2S/c1-3-19-15(18)13-9-8-11-17-14(13)16-10-6-4-5-7-12-20-2/h8-9,11H,3-7,10,12H2,1-2H3,(H,16,17). The average molecular weight is 296 g/mol. The van der Waals surface area contributed by atoms with Crippen molar-refractivity contribution < 1.29 is 9.53 Å². The molecule has 1 rings (SSSR count). The van der Waals surface area contributed by atoms with E-state index in [4.69, 9.17) is 4.74 Å². The van der Waals surface area contributed by atoms with E-state index in [1.54, 1.807) is 25.3 Å². The molecule has 20 heavy (non-hydrogen) atoms. The molecule has 0 amide bonds. The zero-order valence-electron chi connectivity index (χ0n) is 12.4. The average Bonchev–Trinajstić information content (AvgIpc) is 2.47. The molecule has 5 heteroatoms. The van der Waals surface area contributed by atoms with Gasteiger partial charge in [0, 0.05) is 12.7 Å². The van der Waals surface area contributed by atoms with Crippen molar-refractivity contribution in [3.05, 3.63) is 23.9 Å². The van der Waals surface area contributed by atoms with Gasteiger partial charge in [-0.05, 0) is 43.9 Å². The van der Waals surface area contributed by atoms with Crippen LogP contribution in [0.5, 0.6) is 0 Å². The van der Waals surface area contributed by atoms with Crippen LogP contribution in [0.25, 0.3) is 0 Å². The first-order valence-corrected chi connectivity index (χ1v) is 8.54. The number of hydrogen-bond acceptors (Lipinski definition) is 5. The summed E-state index contributed by atoms with van der Waals surface area (Å²) in [6.45, 7) is 3.02. The number of unbranched alkanes of at least 4 members (excludes halogenated alkanes) is 3. The second-order valence-corrected chi connectivity index (χ2v) is 5.44. The molecule has 0 saturated heterocycles. The summed E-state index contributed by atoms with van der Waals surface area (Å²) in [7, 11) is 0. The molecule has 1 aromatic rings. The predicted octanol–water partition coefficient (Wildman–Crippen LogP) is 3.59. The molecule has 0 bridgehead atoms. The zero-order valence-corrected chi connectivity index (χ0v) is 13.2. The molecule has 0 aliphatic carbocycles. The number of pyridine rings is 1. The van der Waals surface area contributed by atoms with E-state index in [-0.39, 0.29) is 5.97 Å². The third-order valence-corrected chi connectivity index (χ3v) is 3.57. The molecule has 0 aromatic carbocycles. The molecule has 112 valence electrons. The summed E-state index contributed by atoms with van der Waals surface area (Å²) in [4.78, 5) is 16.0. The molecule has 1 heterocycles. The van der Waals surface area contributed by atoms with Gasteiger partial charge in [-0.1, -0.05) is 12.8 Å². The van der Waals surface area contributed by atoms with E-state index in [0.29, 0.717) is 18.0 Å². The van der Waals surface area contributed by atoms with Gasteiger partial charge >= 0.3 is 5.97 Å². The highest BCUT2D eigenvalue weighted by Crippen LogP contribution is 2.13. The van der Waals surface area contributed by atoms with E-state index in [1.165, 1.54) is 25.0 Å². The van der Waals surface area contributed by atoms with E-state index in [1.807, 2.05) is 11.8 Å². The van der Waals surface area contributed by atoms with Gasteiger partial charge in [0.2, 0.25) is 0 Å². The van der Waals surface area contributed by atoms with Crippen molar-refractivity contribution >= 4 is 23.5 Å². The largest absolute Gasteiger partial charge is 0.462 e. The lowest BCUT2D eigenvalue weighted by Crippen LogP contribution is -2.12. The first-order chi connectivity index (χ1) is 9.79. The van der Waals surface area contributed by atoms with Crippen molar-refractivity contribution in [1.29, 1.82) is 0 Å². The van der Waals surface area contributed by atoms with Crippen LogP contribution in [0.2, 0.25) is 0 Å². The highest BCUT2D eigenvalue weighted by atomic mass is 32.2. The van der Waals surface area contributed by atoms with Gasteiger partial charge in [0.05, 0.1) is 6.61 Å². The summed E-state index contributed by atoms with van der Waals surface area (Å²) >= 11 is 1.90. The first kappa shape index (κ1) is 16.8. The van der Waals surface area contributed by atoms with E-state index >= 15 is 0 Å². The maximum Gasteiger partial charge on any atom is 0.341 e. The summed E-state index contributed by atoms with van der Waals surface area (Å²) in [6.07, 6.45) is 8.65. The van der Waals surface area contributed by atoms with Gasteiger partial charge in [0.1, 0.15) is 11.4 Å². The lowest BCUT2D eigenvalue weighted by Gasteiger charge is -2.09. The number of hydrogen-bond donors (Lipinski definition) is 1. The highest BCUT2D eigenvalue weighted by molar-refractivity contribution is 7.98. The monoisotopic (exact) mass is 296 g/mol. The van der Waals surface area contributed by atoms with Crippen LogP contribution in [0.1, 0.15) is 43.0 Å². The Morgan fingerprint density at radius 3 is 2.90 bits per heavy atom. The van der Waals surface area contributed by atoms with Crippen molar-refractivity contribution in [2.75, 3.05) is 30.5 Å². The molecular formula is C15H24N2O2S. The first-order valence-electron chi connectivity index (χ1n) is 7.14. The fourth-order valence-corrected chi connectivity index (χ4v) is 2.34. The van der Waals surface area contributed by atoms with Crippen LogP contribution in [0.3, 0.4) is 0 Å². The maximum absolute atomic E-state index is 11.8. The van der Waals surface area contributed by atoms with E-state index in [9.17, 15) is 4.79 Å². The lowest BCUT2D eigenvalue weighted by molar-refractivity contribution is 0.0527. The van der Waals surface area contributed by atoms with Gasteiger partial charge in [-0.15, -0.1) is 0 Å². The molecule has 0 aliphatic heterocycles. The van der Waals surface area contributed by atoms with Crippen molar-refractivity contribution in [2.24, 2.45) is 0 Å². The topological polar surface area (TPSA) is 51.2 Å². The Bertz CT molecular complexity index is 399. The van der Waals surface area contributed by atoms with Crippen LogP contribution in [-0.4, -0.2) is 36.1 Å². The molecule has 0 fully saturated rings. The summed E-state index contributed by atoms with van der Waals surface area (Å²) in [5.74, 6) is 1.54. The zero-order chi connectivity index (χ0) is 14.6. The fraction of sp³-hybridized carbons (Fsp3) is 0.600. The number of carbonyl (C=O) groups is 1. The van der Waals surface area contributed by atoms with Gasteiger partial charge in [0.15, 0.2) is 0 Å². The molecule has 0 unspecified atom stereocenters. The van der Waals surface area contributed by atoms with Crippen LogP contribution in [0, 0.1) is 0 Å². The molecular weight excluding hydrogens is 272 g/mol. The van der Waals surface area contributed by atoms with E-state index in [2.05, 4.69) is 16.6 Å². The summed E-state index contributed by atoms with van der Waals surface area (Å²) in [5, 5.41) is 3.23. The van der Waals surface area contributed by atoms with Crippen molar-refractivity contribution in [3.8, 4) is 0 Å². The minimum absolute atomic E-state index is 0.317. The maximum atomic E-state index is 11.8. The van der Waals surface area contributed by atoms with Crippen molar-refractivity contribution in [2.45, 2.75) is 32.6 Å². The van der Waals surface area contributed by atoms with Crippen LogP contribution in [0.4, 0.5) is 5.82 Å². The highest BCUT2D eigenvalue weighted by Gasteiger charge is 2.12. The normalized spacial score (nSPS) is 10.3. The SMILES string of the molecule is CCOC(=O)c1cccnc1NCCCCCCSC. The van der Waals surface area contributed by atoms with Crippen LogP contribution >= 0.6 is 11.8 Å². The number of ether oxygens (including phenoxy) is 1. The molecule has 0 saturated carbocycles. The second kappa shape index (κ2) is 10.5. The number of aromatic nitrogens is 1. The van der Waals surface area contributed by atoms with Crippen LogP contribution < -0.4 is 5.32 Å². The number of nitrogens with zero attached hydrogens (tertiary/aromatic N) is 1. The van der Waals surface area contributed by atoms with E-state index in [0.717, 1.165) is 13.0 Å². The second-order valence-electron chi connectivity index (χ2n) is 4.45. The van der Waals surface area contributed by atoms with E-state index < -0.39 is 0 Å². The smallest absolute Gasteiger partial charge is 0.341 e. The summed E-state index contributed by atoms with van der Waals surface area (Å²) in [6, 6.07) is 3.49. The Labute approximate surface area is 125 Å². The third kappa shape index (κ3) is 6.28. The Morgan fingerprint density at radius 2 is 2.15 bits per heavy atom. The molecule has 0 aliphatic rings. The van der Waals surface area contributed by atoms with Crippen LogP contribution in [-0.2, 0) is 4.74 Å². The molecule has 1 aromatic heterocycles. The number of thioether (sulfide) groups is 1. The molecule has 1 N–H and O–H groups in total. The molecule has 0 radical (unpaired) electrons. The minimum atomic E-state index is -0.317. The Balaban J connectivity index is 2.34. The predicted molar refractivity (Wildman–Crippen MR) is 85.5 cm³/mol. The molecule has 0 atom stereocenters. The summed E-state index contributed by atoms with van der Waals surface area (Å²) < 4.78 is 5.02. The number of rotatable bonds is 10. The van der Waals surface area contributed by atoms with Gasteiger partial charge in [-0.3, -0.25) is 0 Å². The van der Waals surface area contributed by atoms with Crippen LogP contribution in [0.15, 0.2) is 18.3 Å². The number of carbonyl (C=O) groups excluding carboxylic acids is 1. The van der Waals surface area contributed by atoms with Crippen molar-refractivity contribution in [1.82, 2.24) is 4.98 Å². The van der Waals surface area contributed by atoms with Gasteiger partial charge in [-0.2, -0.15) is 11.8 Å². The van der Waals surface area contributed by atoms with Gasteiger partial charge in [0.25, 0.3) is 0 Å². The molecule has 4 nitrogen and oxygen atoms in total.